The molecule has 2 rings (SSSR count). The minimum atomic E-state index is -0.146. The maximum atomic E-state index is 13.9. The molecule has 1 nitrogen and oxygen atoms in total. The quantitative estimate of drug-likeness (QED) is 0.755. The first kappa shape index (κ1) is 14.0. The predicted molar refractivity (Wildman–Crippen MR) is 83.6 cm³/mol. The first-order valence-corrected chi connectivity index (χ1v) is 7.90. The van der Waals surface area contributed by atoms with E-state index in [0.717, 1.165) is 24.1 Å². The molecule has 0 radical (unpaired) electrons. The second-order valence-electron chi connectivity index (χ2n) is 4.09. The molecule has 1 atom stereocenters. The van der Waals surface area contributed by atoms with Crippen molar-refractivity contribution >= 4 is 33.9 Å². The van der Waals surface area contributed by atoms with Crippen LogP contribution in [-0.2, 0) is 0 Å². The van der Waals surface area contributed by atoms with E-state index in [2.05, 4.69) is 46.3 Å². The molecule has 2 aromatic rings. The Bertz CT molecular complexity index is 512. The Morgan fingerprint density at radius 2 is 2.17 bits per heavy atom. The predicted octanol–water partition coefficient (Wildman–Crippen LogP) is 4.58. The number of nitrogens with one attached hydrogen (secondary N) is 1. The maximum Gasteiger partial charge on any atom is 0.128 e. The molecule has 1 aromatic carbocycles. The Morgan fingerprint density at radius 1 is 1.39 bits per heavy atom. The molecule has 18 heavy (non-hydrogen) atoms. The van der Waals surface area contributed by atoms with Gasteiger partial charge in [-0.1, -0.05) is 25.1 Å². The highest BCUT2D eigenvalue weighted by atomic mass is 127. The van der Waals surface area contributed by atoms with E-state index in [1.165, 1.54) is 8.95 Å². The standard InChI is InChI=1S/C14H15FINS/c1-2-7-17-14(10-8-13(16)18-9-10)11-5-3-4-6-12(11)15/h3-6,8-9,14,17H,2,7H2,1H3. The number of thiophene rings is 1. The third-order valence-corrected chi connectivity index (χ3v) is 4.54. The Balaban J connectivity index is 2.33. The lowest BCUT2D eigenvalue weighted by molar-refractivity contribution is 0.547. The van der Waals surface area contributed by atoms with Gasteiger partial charge in [0.05, 0.1) is 8.93 Å². The van der Waals surface area contributed by atoms with Crippen LogP contribution in [-0.4, -0.2) is 6.54 Å². The lowest BCUT2D eigenvalue weighted by atomic mass is 10.0. The molecule has 1 N–H and O–H groups in total. The van der Waals surface area contributed by atoms with Gasteiger partial charge < -0.3 is 5.32 Å². The first-order chi connectivity index (χ1) is 8.72. The second-order valence-corrected chi connectivity index (χ2v) is 6.90. The van der Waals surface area contributed by atoms with Crippen molar-refractivity contribution in [3.8, 4) is 0 Å². The van der Waals surface area contributed by atoms with Gasteiger partial charge in [0, 0.05) is 5.56 Å². The molecular formula is C14H15FINS. The number of benzene rings is 1. The van der Waals surface area contributed by atoms with Gasteiger partial charge in [-0.3, -0.25) is 0 Å². The zero-order chi connectivity index (χ0) is 13.0. The number of hydrogen-bond donors (Lipinski definition) is 1. The van der Waals surface area contributed by atoms with Gasteiger partial charge >= 0.3 is 0 Å². The molecule has 0 aliphatic carbocycles. The van der Waals surface area contributed by atoms with E-state index in [1.807, 2.05) is 12.1 Å². The second kappa shape index (κ2) is 6.63. The van der Waals surface area contributed by atoms with Gasteiger partial charge in [0.25, 0.3) is 0 Å². The molecule has 0 saturated carbocycles. The van der Waals surface area contributed by atoms with Crippen molar-refractivity contribution < 1.29 is 4.39 Å². The highest BCUT2D eigenvalue weighted by molar-refractivity contribution is 14.1. The lowest BCUT2D eigenvalue weighted by Crippen LogP contribution is -2.23. The molecule has 0 fully saturated rings. The van der Waals surface area contributed by atoms with Gasteiger partial charge in [-0.2, -0.15) is 0 Å². The molecule has 1 aromatic heterocycles. The highest BCUT2D eigenvalue weighted by Crippen LogP contribution is 2.28. The summed E-state index contributed by atoms with van der Waals surface area (Å²) in [6.07, 6.45) is 1.03. The van der Waals surface area contributed by atoms with E-state index in [1.54, 1.807) is 17.4 Å². The van der Waals surface area contributed by atoms with E-state index in [-0.39, 0.29) is 11.9 Å². The molecule has 0 bridgehead atoms. The Kier molecular flexibility index (Phi) is 5.14. The van der Waals surface area contributed by atoms with Gasteiger partial charge in [-0.05, 0) is 58.6 Å². The number of halogens is 2. The van der Waals surface area contributed by atoms with Crippen LogP contribution in [0.25, 0.3) is 0 Å². The fraction of sp³-hybridized carbons (Fsp3) is 0.286. The summed E-state index contributed by atoms with van der Waals surface area (Å²) in [5.74, 6) is -0.146. The summed E-state index contributed by atoms with van der Waals surface area (Å²) in [4.78, 5) is 0. The van der Waals surface area contributed by atoms with Crippen LogP contribution in [0.4, 0.5) is 4.39 Å². The van der Waals surface area contributed by atoms with E-state index in [0.29, 0.717) is 0 Å². The van der Waals surface area contributed by atoms with Crippen LogP contribution in [0.1, 0.15) is 30.5 Å². The van der Waals surface area contributed by atoms with Crippen LogP contribution in [0.15, 0.2) is 35.7 Å². The molecule has 0 aliphatic heterocycles. The van der Waals surface area contributed by atoms with Crippen molar-refractivity contribution in [2.75, 3.05) is 6.54 Å². The fourth-order valence-corrected chi connectivity index (χ4v) is 3.28. The minimum absolute atomic E-state index is 0.0501. The molecule has 0 saturated heterocycles. The molecule has 4 heteroatoms. The van der Waals surface area contributed by atoms with Crippen molar-refractivity contribution in [2.24, 2.45) is 0 Å². The van der Waals surface area contributed by atoms with Gasteiger partial charge in [-0.15, -0.1) is 11.3 Å². The largest absolute Gasteiger partial charge is 0.306 e. The van der Waals surface area contributed by atoms with Gasteiger partial charge in [0.1, 0.15) is 5.82 Å². The van der Waals surface area contributed by atoms with Crippen LogP contribution in [0.3, 0.4) is 0 Å². The van der Waals surface area contributed by atoms with Crippen LogP contribution in [0.5, 0.6) is 0 Å². The molecule has 1 unspecified atom stereocenters. The number of hydrogen-bond acceptors (Lipinski definition) is 2. The minimum Gasteiger partial charge on any atom is -0.306 e. The van der Waals surface area contributed by atoms with Gasteiger partial charge in [-0.25, -0.2) is 4.39 Å². The van der Waals surface area contributed by atoms with Crippen LogP contribution < -0.4 is 5.32 Å². The summed E-state index contributed by atoms with van der Waals surface area (Å²) < 4.78 is 15.1. The topological polar surface area (TPSA) is 12.0 Å². The molecule has 1 heterocycles. The van der Waals surface area contributed by atoms with Crippen molar-refractivity contribution in [3.63, 3.8) is 0 Å². The summed E-state index contributed by atoms with van der Waals surface area (Å²) in [6.45, 7) is 2.99. The zero-order valence-electron chi connectivity index (χ0n) is 10.1. The summed E-state index contributed by atoms with van der Waals surface area (Å²) in [6, 6.07) is 9.06. The monoisotopic (exact) mass is 375 g/mol. The Morgan fingerprint density at radius 3 is 2.78 bits per heavy atom. The van der Waals surface area contributed by atoms with E-state index in [4.69, 9.17) is 0 Å². The van der Waals surface area contributed by atoms with Crippen molar-refractivity contribution in [1.82, 2.24) is 5.32 Å². The van der Waals surface area contributed by atoms with Crippen molar-refractivity contribution in [3.05, 3.63) is 55.5 Å². The average Bonchev–Trinajstić information content (AvgIpc) is 2.78. The third-order valence-electron chi connectivity index (χ3n) is 2.74. The molecular weight excluding hydrogens is 360 g/mol. The average molecular weight is 375 g/mol. The molecule has 0 aliphatic rings. The number of rotatable bonds is 5. The molecule has 0 amide bonds. The third kappa shape index (κ3) is 3.30. The van der Waals surface area contributed by atoms with Gasteiger partial charge in [0.2, 0.25) is 0 Å². The first-order valence-electron chi connectivity index (χ1n) is 5.94. The highest BCUT2D eigenvalue weighted by Gasteiger charge is 2.17. The fourth-order valence-electron chi connectivity index (χ4n) is 1.88. The summed E-state index contributed by atoms with van der Waals surface area (Å²) >= 11 is 3.99. The van der Waals surface area contributed by atoms with Gasteiger partial charge in [0.15, 0.2) is 0 Å². The van der Waals surface area contributed by atoms with E-state index in [9.17, 15) is 4.39 Å². The lowest BCUT2D eigenvalue weighted by Gasteiger charge is -2.18. The maximum absolute atomic E-state index is 13.9. The van der Waals surface area contributed by atoms with E-state index >= 15 is 0 Å². The Labute approximate surface area is 125 Å². The molecule has 96 valence electrons. The SMILES string of the molecule is CCCNC(c1csc(I)c1)c1ccccc1F. The van der Waals surface area contributed by atoms with Crippen molar-refractivity contribution in [1.29, 1.82) is 0 Å². The van der Waals surface area contributed by atoms with E-state index < -0.39 is 0 Å². The summed E-state index contributed by atoms with van der Waals surface area (Å²) in [7, 11) is 0. The van der Waals surface area contributed by atoms with Crippen LogP contribution in [0.2, 0.25) is 0 Å². The van der Waals surface area contributed by atoms with Crippen molar-refractivity contribution in [2.45, 2.75) is 19.4 Å². The molecule has 0 spiro atoms. The summed E-state index contributed by atoms with van der Waals surface area (Å²) in [5, 5.41) is 5.52. The Hall–Kier alpha value is -0.460. The normalized spacial score (nSPS) is 12.6. The smallest absolute Gasteiger partial charge is 0.128 e. The zero-order valence-corrected chi connectivity index (χ0v) is 13.1. The van der Waals surface area contributed by atoms with Crippen LogP contribution >= 0.6 is 33.9 Å². The summed E-state index contributed by atoms with van der Waals surface area (Å²) in [5.41, 5.74) is 1.86. The van der Waals surface area contributed by atoms with Crippen LogP contribution in [0, 0.1) is 8.70 Å².